The fourth-order valence-electron chi connectivity index (χ4n) is 1.56. The van der Waals surface area contributed by atoms with E-state index < -0.39 is 6.72 Å². The van der Waals surface area contributed by atoms with Crippen LogP contribution in [0, 0.1) is 0 Å². The molecule has 2 rings (SSSR count). The van der Waals surface area contributed by atoms with Crippen LogP contribution in [0.2, 0.25) is 5.02 Å². The molecule has 0 saturated heterocycles. The minimum atomic E-state index is -3.05. The number of hydrogen-bond donors (Lipinski definition) is 1. The second-order valence-electron chi connectivity index (χ2n) is 3.94. The molecule has 0 aromatic heterocycles. The Bertz CT molecular complexity index is 592. The first kappa shape index (κ1) is 15.5. The summed E-state index contributed by atoms with van der Waals surface area (Å²) < 4.78 is 18.3. The Balaban J connectivity index is 2.16. The topological polar surface area (TPSA) is 38.3 Å². The first-order valence-electron chi connectivity index (χ1n) is 6.14. The van der Waals surface area contributed by atoms with Crippen molar-refractivity contribution in [2.24, 2.45) is 0 Å². The molecule has 0 radical (unpaired) electrons. The van der Waals surface area contributed by atoms with Gasteiger partial charge in [0.1, 0.15) is 0 Å². The van der Waals surface area contributed by atoms with E-state index in [2.05, 4.69) is 5.09 Å². The molecule has 0 amide bonds. The van der Waals surface area contributed by atoms with Crippen molar-refractivity contribution >= 4 is 35.4 Å². The predicted octanol–water partition coefficient (Wildman–Crippen LogP) is 5.69. The highest BCUT2D eigenvalue weighted by Gasteiger charge is 2.24. The number of hydrogen-bond acceptors (Lipinski definition) is 3. The molecule has 0 saturated carbocycles. The summed E-state index contributed by atoms with van der Waals surface area (Å²) in [6.07, 6.45) is 0. The van der Waals surface area contributed by atoms with Crippen LogP contribution in [0.3, 0.4) is 0 Å². The lowest BCUT2D eigenvalue weighted by atomic mass is 10.3. The fraction of sp³-hybridized carbons (Fsp3) is 0.143. The molecule has 1 atom stereocenters. The van der Waals surface area contributed by atoms with E-state index in [0.29, 0.717) is 11.6 Å². The van der Waals surface area contributed by atoms with Gasteiger partial charge in [-0.3, -0.25) is 4.57 Å². The molecule has 0 bridgehead atoms. The van der Waals surface area contributed by atoms with E-state index in [-0.39, 0.29) is 0 Å². The highest BCUT2D eigenvalue weighted by atomic mass is 35.5. The van der Waals surface area contributed by atoms with E-state index in [1.807, 2.05) is 49.4 Å². The van der Waals surface area contributed by atoms with E-state index in [4.69, 9.17) is 16.1 Å². The molecule has 106 valence electrons. The van der Waals surface area contributed by atoms with Gasteiger partial charge < -0.3 is 9.61 Å². The Morgan fingerprint density at radius 2 is 1.80 bits per heavy atom. The van der Waals surface area contributed by atoms with E-state index in [0.717, 1.165) is 10.6 Å². The van der Waals surface area contributed by atoms with Gasteiger partial charge in [0.2, 0.25) is 0 Å². The first-order chi connectivity index (χ1) is 9.61. The van der Waals surface area contributed by atoms with Crippen molar-refractivity contribution in [2.75, 3.05) is 11.7 Å². The van der Waals surface area contributed by atoms with Crippen LogP contribution < -0.4 is 5.09 Å². The number of benzene rings is 2. The van der Waals surface area contributed by atoms with E-state index >= 15 is 0 Å². The van der Waals surface area contributed by atoms with Crippen LogP contribution in [0.1, 0.15) is 6.92 Å². The number of nitrogens with one attached hydrogen (secondary N) is 1. The minimum Gasteiger partial charge on any atom is -0.307 e. The Kier molecular flexibility index (Phi) is 5.55. The summed E-state index contributed by atoms with van der Waals surface area (Å²) in [5.41, 5.74) is 0.769. The van der Waals surface area contributed by atoms with Crippen LogP contribution in [0.15, 0.2) is 59.5 Å². The predicted molar refractivity (Wildman–Crippen MR) is 86.6 cm³/mol. The van der Waals surface area contributed by atoms with Crippen molar-refractivity contribution in [1.82, 2.24) is 0 Å². The van der Waals surface area contributed by atoms with Crippen LogP contribution >= 0.6 is 29.7 Å². The SMILES string of the molecule is CCOP(=O)(Nc1ccccc1)Sc1ccc(Cl)cc1. The van der Waals surface area contributed by atoms with Crippen LogP contribution in [0.25, 0.3) is 0 Å². The maximum Gasteiger partial charge on any atom is 0.355 e. The molecule has 0 aliphatic rings. The molecule has 3 nitrogen and oxygen atoms in total. The molecule has 20 heavy (non-hydrogen) atoms. The van der Waals surface area contributed by atoms with Crippen LogP contribution in [-0.2, 0) is 9.09 Å². The molecule has 6 heteroatoms. The van der Waals surface area contributed by atoms with Crippen LogP contribution in [0.5, 0.6) is 0 Å². The van der Waals surface area contributed by atoms with Gasteiger partial charge in [-0.25, -0.2) is 0 Å². The Morgan fingerprint density at radius 3 is 2.40 bits per heavy atom. The summed E-state index contributed by atoms with van der Waals surface area (Å²) in [6.45, 7) is -0.861. The average Bonchev–Trinajstić information content (AvgIpc) is 2.42. The monoisotopic (exact) mass is 327 g/mol. The summed E-state index contributed by atoms with van der Waals surface area (Å²) in [4.78, 5) is 0.842. The van der Waals surface area contributed by atoms with Gasteiger partial charge in [0.15, 0.2) is 0 Å². The molecule has 0 aliphatic heterocycles. The third-order valence-corrected chi connectivity index (χ3v) is 6.43. The van der Waals surface area contributed by atoms with Gasteiger partial charge in [-0.1, -0.05) is 29.8 Å². The van der Waals surface area contributed by atoms with Gasteiger partial charge in [0, 0.05) is 15.6 Å². The van der Waals surface area contributed by atoms with Gasteiger partial charge in [-0.2, -0.15) is 0 Å². The maximum absolute atomic E-state index is 12.8. The van der Waals surface area contributed by atoms with Crippen molar-refractivity contribution in [3.8, 4) is 0 Å². The maximum atomic E-state index is 12.8. The lowest BCUT2D eigenvalue weighted by Gasteiger charge is -2.19. The summed E-state index contributed by atoms with van der Waals surface area (Å²) in [7, 11) is 0. The van der Waals surface area contributed by atoms with Crippen molar-refractivity contribution < 1.29 is 9.09 Å². The van der Waals surface area contributed by atoms with Crippen molar-refractivity contribution in [1.29, 1.82) is 0 Å². The Hall–Kier alpha value is -0.930. The van der Waals surface area contributed by atoms with Crippen LogP contribution in [-0.4, -0.2) is 6.61 Å². The zero-order valence-corrected chi connectivity index (χ0v) is 13.4. The van der Waals surface area contributed by atoms with Gasteiger partial charge in [0.05, 0.1) is 6.61 Å². The molecular weight excluding hydrogens is 313 g/mol. The zero-order chi connectivity index (χ0) is 14.4. The van der Waals surface area contributed by atoms with Gasteiger partial charge >= 0.3 is 6.72 Å². The van der Waals surface area contributed by atoms with Gasteiger partial charge in [-0.05, 0) is 54.7 Å². The number of halogens is 1. The number of para-hydroxylation sites is 1. The van der Waals surface area contributed by atoms with E-state index in [1.165, 1.54) is 11.4 Å². The fourth-order valence-corrected chi connectivity index (χ4v) is 5.31. The Morgan fingerprint density at radius 1 is 1.15 bits per heavy atom. The third kappa shape index (κ3) is 4.57. The molecule has 0 aliphatic carbocycles. The second-order valence-corrected chi connectivity index (χ2v) is 8.50. The molecule has 2 aromatic rings. The lowest BCUT2D eigenvalue weighted by molar-refractivity contribution is 0.349. The highest BCUT2D eigenvalue weighted by molar-refractivity contribution is 8.57. The molecule has 2 aromatic carbocycles. The lowest BCUT2D eigenvalue weighted by Crippen LogP contribution is -1.98. The van der Waals surface area contributed by atoms with Gasteiger partial charge in [0.25, 0.3) is 0 Å². The van der Waals surface area contributed by atoms with Crippen molar-refractivity contribution in [3.05, 3.63) is 59.6 Å². The van der Waals surface area contributed by atoms with Crippen LogP contribution in [0.4, 0.5) is 5.69 Å². The van der Waals surface area contributed by atoms with Gasteiger partial charge in [-0.15, -0.1) is 0 Å². The number of anilines is 1. The molecular formula is C14H15ClNO2PS. The highest BCUT2D eigenvalue weighted by Crippen LogP contribution is 2.61. The quantitative estimate of drug-likeness (QED) is 0.692. The summed E-state index contributed by atoms with van der Waals surface area (Å²) in [5, 5.41) is 3.63. The second kappa shape index (κ2) is 7.19. The molecule has 0 spiro atoms. The Labute approximate surface area is 127 Å². The van der Waals surface area contributed by atoms with Crippen molar-refractivity contribution in [2.45, 2.75) is 11.8 Å². The summed E-state index contributed by atoms with van der Waals surface area (Å²) >= 11 is 7.03. The molecule has 1 unspecified atom stereocenters. The average molecular weight is 328 g/mol. The van der Waals surface area contributed by atoms with E-state index in [1.54, 1.807) is 12.1 Å². The number of rotatable bonds is 6. The minimum absolute atomic E-state index is 0.373. The smallest absolute Gasteiger partial charge is 0.307 e. The largest absolute Gasteiger partial charge is 0.355 e. The van der Waals surface area contributed by atoms with Crippen molar-refractivity contribution in [3.63, 3.8) is 0 Å². The summed E-state index contributed by atoms with van der Waals surface area (Å²) in [6, 6.07) is 16.6. The molecule has 1 N–H and O–H groups in total. The molecule has 0 fully saturated rings. The first-order valence-corrected chi connectivity index (χ1v) is 9.57. The van der Waals surface area contributed by atoms with E-state index in [9.17, 15) is 4.57 Å². The molecule has 0 heterocycles. The standard InChI is InChI=1S/C14H15ClNO2PS/c1-2-18-19(17,16-13-6-4-3-5-7-13)20-14-10-8-12(15)9-11-14/h3-11H,2H2,1H3,(H,16,17). The summed E-state index contributed by atoms with van der Waals surface area (Å²) in [5.74, 6) is 0. The third-order valence-electron chi connectivity index (χ3n) is 2.38. The zero-order valence-electron chi connectivity index (χ0n) is 11.0. The normalized spacial score (nSPS) is 13.7.